The van der Waals surface area contributed by atoms with E-state index in [1.807, 2.05) is 6.07 Å². The summed E-state index contributed by atoms with van der Waals surface area (Å²) >= 11 is 0. The number of rotatable bonds is 2. The number of piperidine rings is 1. The molecule has 0 bridgehead atoms. The highest BCUT2D eigenvalue weighted by Gasteiger charge is 2.35. The van der Waals surface area contributed by atoms with Crippen LogP contribution in [0.3, 0.4) is 0 Å². The molecule has 3 rings (SSSR count). The quantitative estimate of drug-likeness (QED) is 0.887. The molecule has 1 aliphatic heterocycles. The molecule has 2 N–H and O–H groups in total. The lowest BCUT2D eigenvalue weighted by Gasteiger charge is -2.42. The molecule has 1 saturated heterocycles. The minimum Gasteiger partial charge on any atom is -0.327 e. The largest absolute Gasteiger partial charge is 0.327 e. The van der Waals surface area contributed by atoms with Crippen molar-refractivity contribution in [3.8, 4) is 0 Å². The number of nitrogens with zero attached hydrogens (tertiary/aromatic N) is 1. The fraction of sp³-hybridized carbons (Fsp3) is 0.625. The number of benzene rings is 1. The predicted molar refractivity (Wildman–Crippen MR) is 75.5 cm³/mol. The molecular formula is C16H23FN2. The molecule has 0 amide bonds. The van der Waals surface area contributed by atoms with Crippen LogP contribution in [0.25, 0.3) is 0 Å². The first-order valence-corrected chi connectivity index (χ1v) is 7.46. The van der Waals surface area contributed by atoms with Crippen LogP contribution < -0.4 is 5.73 Å². The van der Waals surface area contributed by atoms with Gasteiger partial charge in [0.1, 0.15) is 5.82 Å². The van der Waals surface area contributed by atoms with E-state index in [0.717, 1.165) is 19.4 Å². The predicted octanol–water partition coefficient (Wildman–Crippen LogP) is 3.01. The lowest BCUT2D eigenvalue weighted by Crippen LogP contribution is -2.50. The maximum Gasteiger partial charge on any atom is 0.123 e. The third-order valence-corrected chi connectivity index (χ3v) is 4.75. The van der Waals surface area contributed by atoms with E-state index in [0.29, 0.717) is 12.1 Å². The van der Waals surface area contributed by atoms with Gasteiger partial charge in [0.2, 0.25) is 0 Å². The monoisotopic (exact) mass is 262 g/mol. The molecule has 3 heteroatoms. The van der Waals surface area contributed by atoms with Gasteiger partial charge in [-0.05, 0) is 62.4 Å². The van der Waals surface area contributed by atoms with E-state index >= 15 is 0 Å². The summed E-state index contributed by atoms with van der Waals surface area (Å²) in [4.78, 5) is 2.58. The Morgan fingerprint density at radius 2 is 2.16 bits per heavy atom. The zero-order valence-corrected chi connectivity index (χ0v) is 11.6. The van der Waals surface area contributed by atoms with Crippen LogP contribution in [0, 0.1) is 5.82 Å². The lowest BCUT2D eigenvalue weighted by molar-refractivity contribution is 0.0811. The average molecular weight is 262 g/mol. The second-order valence-corrected chi connectivity index (χ2v) is 6.06. The number of halogens is 1. The second kappa shape index (κ2) is 5.22. The molecule has 104 valence electrons. The molecule has 3 atom stereocenters. The number of likely N-dealkylation sites (tertiary alicyclic amines) is 1. The zero-order valence-electron chi connectivity index (χ0n) is 11.6. The van der Waals surface area contributed by atoms with E-state index in [1.54, 1.807) is 12.1 Å². The van der Waals surface area contributed by atoms with Crippen molar-refractivity contribution in [1.29, 1.82) is 0 Å². The van der Waals surface area contributed by atoms with Crippen molar-refractivity contribution in [3.05, 3.63) is 35.1 Å². The van der Waals surface area contributed by atoms with Crippen LogP contribution in [0.1, 0.15) is 49.8 Å². The number of fused-ring (bicyclic) bond motifs is 1. The molecule has 1 aliphatic carbocycles. The minimum absolute atomic E-state index is 0.109. The zero-order chi connectivity index (χ0) is 13.4. The smallest absolute Gasteiger partial charge is 0.123 e. The normalized spacial score (nSPS) is 29.2. The molecule has 19 heavy (non-hydrogen) atoms. The minimum atomic E-state index is -0.109. The molecule has 1 aromatic carbocycles. The highest BCUT2D eigenvalue weighted by Crippen LogP contribution is 2.39. The lowest BCUT2D eigenvalue weighted by atomic mass is 9.93. The van der Waals surface area contributed by atoms with Gasteiger partial charge in [-0.2, -0.15) is 0 Å². The Morgan fingerprint density at radius 3 is 2.95 bits per heavy atom. The van der Waals surface area contributed by atoms with Gasteiger partial charge in [0.05, 0.1) is 0 Å². The van der Waals surface area contributed by atoms with Crippen LogP contribution in [-0.2, 0) is 6.42 Å². The van der Waals surface area contributed by atoms with E-state index in [-0.39, 0.29) is 11.9 Å². The van der Waals surface area contributed by atoms with Crippen LogP contribution in [0.5, 0.6) is 0 Å². The fourth-order valence-corrected chi connectivity index (χ4v) is 3.84. The number of hydrogen-bond acceptors (Lipinski definition) is 2. The first-order chi connectivity index (χ1) is 9.16. The van der Waals surface area contributed by atoms with Crippen LogP contribution >= 0.6 is 0 Å². The third-order valence-electron chi connectivity index (χ3n) is 4.75. The Bertz CT molecular complexity index is 458. The van der Waals surface area contributed by atoms with Gasteiger partial charge in [-0.3, -0.25) is 4.90 Å². The van der Waals surface area contributed by atoms with Crippen LogP contribution in [0.4, 0.5) is 4.39 Å². The topological polar surface area (TPSA) is 29.3 Å². The van der Waals surface area contributed by atoms with Gasteiger partial charge in [0, 0.05) is 18.1 Å². The van der Waals surface area contributed by atoms with Crippen molar-refractivity contribution in [2.24, 2.45) is 5.73 Å². The Labute approximate surface area is 114 Å². The van der Waals surface area contributed by atoms with Crippen molar-refractivity contribution < 1.29 is 4.39 Å². The van der Waals surface area contributed by atoms with Crippen molar-refractivity contribution in [2.45, 2.75) is 57.2 Å². The Morgan fingerprint density at radius 1 is 1.32 bits per heavy atom. The molecule has 0 radical (unpaired) electrons. The molecule has 0 spiro atoms. The fourth-order valence-electron chi connectivity index (χ4n) is 3.84. The van der Waals surface area contributed by atoms with Gasteiger partial charge < -0.3 is 5.73 Å². The van der Waals surface area contributed by atoms with Crippen LogP contribution in [0.15, 0.2) is 18.2 Å². The summed E-state index contributed by atoms with van der Waals surface area (Å²) in [6.07, 6.45) is 5.86. The van der Waals surface area contributed by atoms with Crippen molar-refractivity contribution in [2.75, 3.05) is 6.54 Å². The highest BCUT2D eigenvalue weighted by atomic mass is 19.1. The molecule has 2 nitrogen and oxygen atoms in total. The van der Waals surface area contributed by atoms with E-state index in [2.05, 4.69) is 11.8 Å². The summed E-state index contributed by atoms with van der Waals surface area (Å²) in [5.74, 6) is -0.109. The summed E-state index contributed by atoms with van der Waals surface area (Å²) in [5, 5.41) is 0. The molecule has 1 fully saturated rings. The van der Waals surface area contributed by atoms with Gasteiger partial charge in [-0.15, -0.1) is 0 Å². The number of nitrogens with two attached hydrogens (primary N) is 1. The van der Waals surface area contributed by atoms with E-state index in [9.17, 15) is 4.39 Å². The average Bonchev–Trinajstić information content (AvgIpc) is 2.81. The molecule has 1 aromatic rings. The third kappa shape index (κ3) is 2.41. The van der Waals surface area contributed by atoms with E-state index < -0.39 is 0 Å². The van der Waals surface area contributed by atoms with Crippen molar-refractivity contribution in [3.63, 3.8) is 0 Å². The SMILES string of the molecule is CC(N)C1CCCCN1C1CCc2cc(F)ccc21. The Balaban J connectivity index is 1.87. The summed E-state index contributed by atoms with van der Waals surface area (Å²) in [6.45, 7) is 3.25. The first-order valence-electron chi connectivity index (χ1n) is 7.46. The van der Waals surface area contributed by atoms with Gasteiger partial charge in [-0.1, -0.05) is 12.5 Å². The Kier molecular flexibility index (Phi) is 3.59. The van der Waals surface area contributed by atoms with E-state index in [4.69, 9.17) is 5.73 Å². The maximum absolute atomic E-state index is 13.3. The summed E-state index contributed by atoms with van der Waals surface area (Å²) < 4.78 is 13.3. The second-order valence-electron chi connectivity index (χ2n) is 6.06. The highest BCUT2D eigenvalue weighted by molar-refractivity contribution is 5.35. The van der Waals surface area contributed by atoms with Crippen LogP contribution in [-0.4, -0.2) is 23.5 Å². The standard InChI is InChI=1S/C16H23FN2/c1-11(18)15-4-2-3-9-19(15)16-8-5-12-10-13(17)6-7-14(12)16/h6-7,10-11,15-16H,2-5,8-9,18H2,1H3. The Hall–Kier alpha value is -0.930. The molecular weight excluding hydrogens is 239 g/mol. The summed E-state index contributed by atoms with van der Waals surface area (Å²) in [7, 11) is 0. The maximum atomic E-state index is 13.3. The van der Waals surface area contributed by atoms with E-state index in [1.165, 1.54) is 30.4 Å². The number of hydrogen-bond donors (Lipinski definition) is 1. The van der Waals surface area contributed by atoms with Gasteiger partial charge in [0.15, 0.2) is 0 Å². The summed E-state index contributed by atoms with van der Waals surface area (Å²) in [5.41, 5.74) is 8.69. The molecule has 0 saturated carbocycles. The van der Waals surface area contributed by atoms with Gasteiger partial charge >= 0.3 is 0 Å². The summed E-state index contributed by atoms with van der Waals surface area (Å²) in [6, 6.07) is 6.43. The van der Waals surface area contributed by atoms with Crippen molar-refractivity contribution >= 4 is 0 Å². The molecule has 0 aromatic heterocycles. The van der Waals surface area contributed by atoms with Crippen LogP contribution in [0.2, 0.25) is 0 Å². The molecule has 3 unspecified atom stereocenters. The first kappa shape index (κ1) is 13.1. The van der Waals surface area contributed by atoms with Crippen molar-refractivity contribution in [1.82, 2.24) is 4.90 Å². The molecule has 1 heterocycles. The number of aryl methyl sites for hydroxylation is 1. The molecule has 2 aliphatic rings. The van der Waals surface area contributed by atoms with Gasteiger partial charge in [0.25, 0.3) is 0 Å². The van der Waals surface area contributed by atoms with Gasteiger partial charge in [-0.25, -0.2) is 4.39 Å².